The van der Waals surface area contributed by atoms with Crippen molar-refractivity contribution >= 4 is 39.2 Å². The fourth-order valence-electron chi connectivity index (χ4n) is 5.39. The molecule has 0 aliphatic carbocycles. The van der Waals surface area contributed by atoms with Crippen LogP contribution in [0.2, 0.25) is 0 Å². The summed E-state index contributed by atoms with van der Waals surface area (Å²) in [5.41, 5.74) is 2.42. The van der Waals surface area contributed by atoms with Gasteiger partial charge in [-0.2, -0.15) is 4.31 Å². The maximum Gasteiger partial charge on any atom is 0.335 e. The summed E-state index contributed by atoms with van der Waals surface area (Å²) in [6.45, 7) is 5.11. The zero-order chi connectivity index (χ0) is 34.5. The minimum atomic E-state index is -4.39. The van der Waals surface area contributed by atoms with Crippen molar-refractivity contribution in [1.29, 1.82) is 0 Å². The molecule has 0 spiro atoms. The number of likely N-dealkylation sites (N-methyl/N-ethyl adjacent to an activating group) is 1. The molecule has 2 amide bonds. The summed E-state index contributed by atoms with van der Waals surface area (Å²) in [7, 11) is -2.73. The van der Waals surface area contributed by atoms with Gasteiger partial charge in [-0.15, -0.1) is 0 Å². The number of benzene rings is 3. The van der Waals surface area contributed by atoms with E-state index in [4.69, 9.17) is 0 Å². The number of nitro groups is 1. The number of carboxylic acids is 1. The molecule has 1 aliphatic heterocycles. The first-order valence-electron chi connectivity index (χ1n) is 14.9. The summed E-state index contributed by atoms with van der Waals surface area (Å²) in [6.07, 6.45) is 0. The van der Waals surface area contributed by atoms with Gasteiger partial charge in [0.2, 0.25) is 15.9 Å². The highest BCUT2D eigenvalue weighted by Gasteiger charge is 2.34. The Morgan fingerprint density at radius 3 is 2.15 bits per heavy atom. The van der Waals surface area contributed by atoms with E-state index in [0.29, 0.717) is 18.7 Å². The zero-order valence-corrected chi connectivity index (χ0v) is 27.4. The maximum absolute atomic E-state index is 13.7. The smallest absolute Gasteiger partial charge is 0.335 e. The number of carbonyl (C=O) groups excluding carboxylic acids is 2. The quantitative estimate of drug-likeness (QED) is 0.192. The minimum Gasteiger partial charge on any atom is -0.478 e. The first-order chi connectivity index (χ1) is 22.2. The third-order valence-corrected chi connectivity index (χ3v) is 10.1. The Morgan fingerprint density at radius 1 is 0.957 bits per heavy atom. The van der Waals surface area contributed by atoms with Gasteiger partial charge in [0.05, 0.1) is 23.6 Å². The van der Waals surface area contributed by atoms with E-state index in [2.05, 4.69) is 5.32 Å². The molecular weight excluding hydrogens is 628 g/mol. The highest BCUT2D eigenvalue weighted by atomic mass is 32.2. The van der Waals surface area contributed by atoms with Crippen molar-refractivity contribution in [2.45, 2.75) is 44.8 Å². The lowest BCUT2D eigenvalue weighted by atomic mass is 10.1. The Morgan fingerprint density at radius 2 is 1.55 bits per heavy atom. The van der Waals surface area contributed by atoms with E-state index in [9.17, 15) is 38.0 Å². The van der Waals surface area contributed by atoms with Crippen LogP contribution in [0.4, 0.5) is 11.4 Å². The molecule has 47 heavy (non-hydrogen) atoms. The predicted octanol–water partition coefficient (Wildman–Crippen LogP) is 3.01. The molecule has 1 aliphatic rings. The number of para-hydroxylation sites is 1. The van der Waals surface area contributed by atoms with Crippen LogP contribution in [0.5, 0.6) is 0 Å². The third kappa shape index (κ3) is 8.00. The monoisotopic (exact) mass is 666 g/mol. The lowest BCUT2D eigenvalue weighted by molar-refractivity contribution is -0.387. The molecule has 0 saturated heterocycles. The van der Waals surface area contributed by atoms with E-state index in [-0.39, 0.29) is 43.3 Å². The Balaban J connectivity index is 1.52. The number of fused-ring (bicyclic) bond motifs is 1. The van der Waals surface area contributed by atoms with E-state index in [1.807, 2.05) is 29.3 Å². The van der Waals surface area contributed by atoms with Crippen LogP contribution < -0.4 is 10.2 Å². The standard InChI is InChI=1S/C32H38N6O8S/c1-22(2)37(47(45,46)29-12-8-7-11-27(29)38(43)44)16-15-36(28-17-24(32(41)42)14-13-23(28)3)31(40)19-33-18-30(39)34(4)35-20-25-9-5-6-10-26(25)21-35/h5-14,17,22,33H,15-16,18-21H2,1-4H3,(H,41,42). The van der Waals surface area contributed by atoms with Gasteiger partial charge in [0.15, 0.2) is 4.90 Å². The molecule has 2 N–H and O–H groups in total. The number of hydrogen-bond acceptors (Lipinski definition) is 9. The van der Waals surface area contributed by atoms with Crippen LogP contribution in [-0.2, 0) is 32.7 Å². The molecule has 1 heterocycles. The largest absolute Gasteiger partial charge is 0.478 e. The van der Waals surface area contributed by atoms with Crippen molar-refractivity contribution in [3.63, 3.8) is 0 Å². The molecule has 0 bridgehead atoms. The number of nitrogens with zero attached hydrogens (tertiary/aromatic N) is 5. The minimum absolute atomic E-state index is 0.0759. The second-order valence-corrected chi connectivity index (χ2v) is 13.3. The number of hydrazine groups is 1. The van der Waals surface area contributed by atoms with Crippen LogP contribution in [0.1, 0.15) is 40.9 Å². The zero-order valence-electron chi connectivity index (χ0n) is 26.6. The SMILES string of the molecule is Cc1ccc(C(=O)O)cc1N(CCN(C(C)C)S(=O)(=O)c1ccccc1[N+](=O)[O-])C(=O)CNCC(=O)N(C)N1Cc2ccccc2C1. The molecule has 14 nitrogen and oxygen atoms in total. The second kappa shape index (κ2) is 14.8. The average molecular weight is 667 g/mol. The summed E-state index contributed by atoms with van der Waals surface area (Å²) in [6, 6.07) is 16.5. The highest BCUT2D eigenvalue weighted by Crippen LogP contribution is 2.29. The fourth-order valence-corrected chi connectivity index (χ4v) is 7.18. The topological polar surface area (TPSA) is 174 Å². The number of aromatic carboxylic acids is 1. The van der Waals surface area contributed by atoms with Crippen molar-refractivity contribution in [2.75, 3.05) is 38.1 Å². The van der Waals surface area contributed by atoms with E-state index in [0.717, 1.165) is 27.6 Å². The third-order valence-electron chi connectivity index (χ3n) is 7.98. The summed E-state index contributed by atoms with van der Waals surface area (Å²) >= 11 is 0. The molecule has 0 saturated carbocycles. The lowest BCUT2D eigenvalue weighted by Gasteiger charge is -2.31. The summed E-state index contributed by atoms with van der Waals surface area (Å²) < 4.78 is 28.5. The number of sulfonamides is 1. The van der Waals surface area contributed by atoms with Crippen molar-refractivity contribution in [3.8, 4) is 0 Å². The van der Waals surface area contributed by atoms with Crippen LogP contribution in [0.3, 0.4) is 0 Å². The molecule has 0 aromatic heterocycles. The number of carbonyl (C=O) groups is 3. The first kappa shape index (κ1) is 35.2. The van der Waals surface area contributed by atoms with Crippen molar-refractivity contribution in [3.05, 3.63) is 99.1 Å². The van der Waals surface area contributed by atoms with Gasteiger partial charge in [-0.05, 0) is 55.7 Å². The van der Waals surface area contributed by atoms with Crippen LogP contribution in [-0.4, -0.2) is 89.8 Å². The van der Waals surface area contributed by atoms with Gasteiger partial charge in [0.1, 0.15) is 0 Å². The van der Waals surface area contributed by atoms with Gasteiger partial charge in [0, 0.05) is 51.0 Å². The Labute approximate surface area is 273 Å². The molecule has 0 atom stereocenters. The Bertz CT molecular complexity index is 1760. The van der Waals surface area contributed by atoms with Gasteiger partial charge in [-0.1, -0.05) is 42.5 Å². The average Bonchev–Trinajstić information content (AvgIpc) is 3.47. The van der Waals surface area contributed by atoms with Crippen LogP contribution in [0.15, 0.2) is 71.6 Å². The molecule has 0 fully saturated rings. The molecule has 250 valence electrons. The van der Waals surface area contributed by atoms with Gasteiger partial charge in [0.25, 0.3) is 11.6 Å². The first-order valence-corrected chi connectivity index (χ1v) is 16.3. The number of aryl methyl sites for hydroxylation is 1. The number of rotatable bonds is 14. The molecule has 0 radical (unpaired) electrons. The molecule has 3 aromatic carbocycles. The number of hydrogen-bond donors (Lipinski definition) is 2. The highest BCUT2D eigenvalue weighted by molar-refractivity contribution is 7.89. The van der Waals surface area contributed by atoms with E-state index >= 15 is 0 Å². The number of carboxylic acid groups (broad SMARTS) is 1. The summed E-state index contributed by atoms with van der Waals surface area (Å²) in [4.78, 5) is 50.1. The molecule has 0 unspecified atom stereocenters. The van der Waals surface area contributed by atoms with Crippen LogP contribution in [0.25, 0.3) is 0 Å². The maximum atomic E-state index is 13.7. The molecule has 3 aromatic rings. The lowest BCUT2D eigenvalue weighted by Crippen LogP contribution is -2.48. The van der Waals surface area contributed by atoms with E-state index < -0.39 is 43.4 Å². The van der Waals surface area contributed by atoms with Gasteiger partial charge >= 0.3 is 5.97 Å². The van der Waals surface area contributed by atoms with Crippen molar-refractivity contribution in [1.82, 2.24) is 19.6 Å². The van der Waals surface area contributed by atoms with Crippen LogP contribution in [0, 0.1) is 17.0 Å². The number of nitro benzene ring substituents is 1. The number of amides is 2. The normalized spacial score (nSPS) is 13.1. The molecular formula is C32H38N6O8S. The van der Waals surface area contributed by atoms with Crippen molar-refractivity contribution in [2.24, 2.45) is 0 Å². The van der Waals surface area contributed by atoms with Gasteiger partial charge in [-0.25, -0.2) is 18.2 Å². The molecule has 4 rings (SSSR count). The Kier molecular flexibility index (Phi) is 11.1. The predicted molar refractivity (Wildman–Crippen MR) is 174 cm³/mol. The van der Waals surface area contributed by atoms with Gasteiger partial charge in [-0.3, -0.25) is 30.0 Å². The van der Waals surface area contributed by atoms with E-state index in [1.54, 1.807) is 33.9 Å². The number of nitrogens with one attached hydrogen (secondary N) is 1. The van der Waals surface area contributed by atoms with Gasteiger partial charge < -0.3 is 10.0 Å². The van der Waals surface area contributed by atoms with Crippen molar-refractivity contribution < 1.29 is 32.8 Å². The van der Waals surface area contributed by atoms with E-state index in [1.165, 1.54) is 34.2 Å². The summed E-state index contributed by atoms with van der Waals surface area (Å²) in [5, 5.41) is 27.5. The molecule has 15 heteroatoms. The van der Waals surface area contributed by atoms with Crippen LogP contribution >= 0.6 is 0 Å². The second-order valence-electron chi connectivity index (χ2n) is 11.4. The summed E-state index contributed by atoms with van der Waals surface area (Å²) in [5.74, 6) is -2.02. The Hall–Kier alpha value is -4.70. The fraction of sp³-hybridized carbons (Fsp3) is 0.344. The number of anilines is 1.